The van der Waals surface area contributed by atoms with Crippen LogP contribution in [0.5, 0.6) is 0 Å². The van der Waals surface area contributed by atoms with E-state index in [2.05, 4.69) is 5.32 Å². The molecule has 0 aliphatic carbocycles. The Balaban J connectivity index is 0.000000426. The summed E-state index contributed by atoms with van der Waals surface area (Å²) in [5.41, 5.74) is 0.844. The van der Waals surface area contributed by atoms with E-state index in [1.54, 1.807) is 24.3 Å². The molecule has 29 heavy (non-hydrogen) atoms. The van der Waals surface area contributed by atoms with Crippen molar-refractivity contribution in [1.29, 1.82) is 0 Å². The van der Waals surface area contributed by atoms with Crippen molar-refractivity contribution >= 4 is 32.5 Å². The zero-order valence-corrected chi connectivity index (χ0v) is 17.6. The first-order valence-corrected chi connectivity index (χ1v) is 11.0. The summed E-state index contributed by atoms with van der Waals surface area (Å²) >= 11 is 0. The van der Waals surface area contributed by atoms with Crippen molar-refractivity contribution in [3.8, 4) is 0 Å². The molecule has 1 aliphatic heterocycles. The van der Waals surface area contributed by atoms with Crippen LogP contribution in [0, 0.1) is 0 Å². The van der Waals surface area contributed by atoms with Crippen molar-refractivity contribution in [2.75, 3.05) is 38.7 Å². The van der Waals surface area contributed by atoms with Crippen LogP contribution < -0.4 is 14.9 Å². The number of aliphatic hydroxyl groups is 1. The molecular weight excluding hydrogens is 394 g/mol. The van der Waals surface area contributed by atoms with E-state index in [1.165, 1.54) is 38.4 Å². The fraction of sp³-hybridized carbons (Fsp3) is 0.450. The molecule has 1 aliphatic rings. The standard InChI is InChI=1S/C15H18N2O5S.C5H11N/c1-17(2)13-7-3-6-11-10(13)5-4-8-14(11)23(21,22)16-12(9-18)15(19)20;1-2-4-6-5-3-1/h3-8,12,16,18H,9H2,1-2H3,(H,19,20);6H,1-5H2/t12-;/m0./s1. The van der Waals surface area contributed by atoms with Crippen molar-refractivity contribution in [2.45, 2.75) is 30.2 Å². The molecule has 2 aromatic carbocycles. The van der Waals surface area contributed by atoms with Gasteiger partial charge in [-0.1, -0.05) is 30.7 Å². The number of carboxylic acids is 1. The van der Waals surface area contributed by atoms with Gasteiger partial charge in [0.25, 0.3) is 0 Å². The number of benzene rings is 2. The molecule has 3 rings (SSSR count). The second kappa shape index (κ2) is 10.5. The van der Waals surface area contributed by atoms with Crippen LogP contribution in [0.4, 0.5) is 5.69 Å². The molecule has 0 amide bonds. The normalized spacial score (nSPS) is 15.3. The van der Waals surface area contributed by atoms with Crippen molar-refractivity contribution in [3.05, 3.63) is 36.4 Å². The van der Waals surface area contributed by atoms with Crippen LogP contribution in [0.15, 0.2) is 41.3 Å². The van der Waals surface area contributed by atoms with Crippen LogP contribution >= 0.6 is 0 Å². The minimum Gasteiger partial charge on any atom is -0.480 e. The summed E-state index contributed by atoms with van der Waals surface area (Å²) in [5.74, 6) is -1.44. The Kier molecular flexibility index (Phi) is 8.39. The first-order valence-electron chi connectivity index (χ1n) is 9.53. The van der Waals surface area contributed by atoms with E-state index in [-0.39, 0.29) is 4.90 Å². The fourth-order valence-electron chi connectivity index (χ4n) is 3.11. The number of aliphatic hydroxyl groups excluding tert-OH is 1. The highest BCUT2D eigenvalue weighted by Crippen LogP contribution is 2.30. The number of carboxylic acid groups (broad SMARTS) is 1. The number of hydrogen-bond donors (Lipinski definition) is 4. The Morgan fingerprint density at radius 2 is 1.72 bits per heavy atom. The third-order valence-electron chi connectivity index (χ3n) is 4.62. The Morgan fingerprint density at radius 1 is 1.10 bits per heavy atom. The summed E-state index contributed by atoms with van der Waals surface area (Å²) < 4.78 is 27.0. The molecule has 9 heteroatoms. The van der Waals surface area contributed by atoms with Gasteiger partial charge in [0, 0.05) is 30.6 Å². The van der Waals surface area contributed by atoms with Crippen molar-refractivity contribution in [1.82, 2.24) is 10.0 Å². The number of nitrogens with one attached hydrogen (secondary N) is 2. The molecular formula is C20H29N3O5S. The molecule has 2 aromatic rings. The SMILES string of the molecule is C1CCNCC1.CN(C)c1cccc2c(S(=O)(=O)N[C@@H](CO)C(=O)O)cccc12. The molecule has 0 unspecified atom stereocenters. The van der Waals surface area contributed by atoms with Crippen molar-refractivity contribution in [2.24, 2.45) is 0 Å². The number of anilines is 1. The average molecular weight is 424 g/mol. The van der Waals surface area contributed by atoms with Crippen LogP contribution in [0.2, 0.25) is 0 Å². The Morgan fingerprint density at radius 3 is 2.21 bits per heavy atom. The first-order chi connectivity index (χ1) is 13.8. The van der Waals surface area contributed by atoms with Gasteiger partial charge in [-0.15, -0.1) is 0 Å². The zero-order valence-electron chi connectivity index (χ0n) is 16.8. The van der Waals surface area contributed by atoms with Gasteiger partial charge in [-0.2, -0.15) is 4.72 Å². The second-order valence-electron chi connectivity index (χ2n) is 7.03. The highest BCUT2D eigenvalue weighted by atomic mass is 32.2. The Labute approximate surface area is 171 Å². The minimum absolute atomic E-state index is 0.0293. The van der Waals surface area contributed by atoms with Crippen molar-refractivity contribution < 1.29 is 23.4 Å². The van der Waals surface area contributed by atoms with Crippen LogP contribution in [0.25, 0.3) is 10.8 Å². The number of fused-ring (bicyclic) bond motifs is 1. The lowest BCUT2D eigenvalue weighted by molar-refractivity contribution is -0.139. The van der Waals surface area contributed by atoms with Gasteiger partial charge < -0.3 is 20.4 Å². The lowest BCUT2D eigenvalue weighted by Gasteiger charge is -2.18. The third-order valence-corrected chi connectivity index (χ3v) is 6.15. The predicted molar refractivity (Wildman–Crippen MR) is 114 cm³/mol. The molecule has 8 nitrogen and oxygen atoms in total. The van der Waals surface area contributed by atoms with Gasteiger partial charge in [0.2, 0.25) is 10.0 Å². The molecule has 0 radical (unpaired) electrons. The monoisotopic (exact) mass is 423 g/mol. The smallest absolute Gasteiger partial charge is 0.324 e. The predicted octanol–water partition coefficient (Wildman–Crippen LogP) is 1.39. The van der Waals surface area contributed by atoms with Crippen molar-refractivity contribution in [3.63, 3.8) is 0 Å². The summed E-state index contributed by atoms with van der Waals surface area (Å²) in [6.07, 6.45) is 4.22. The number of nitrogens with zero attached hydrogens (tertiary/aromatic N) is 1. The topological polar surface area (TPSA) is 119 Å². The first kappa shape index (κ1) is 23.1. The molecule has 1 atom stereocenters. The van der Waals surface area contributed by atoms with Gasteiger partial charge >= 0.3 is 5.97 Å². The van der Waals surface area contributed by atoms with Gasteiger partial charge in [-0.25, -0.2) is 8.42 Å². The quantitative estimate of drug-likeness (QED) is 0.554. The summed E-state index contributed by atoms with van der Waals surface area (Å²) in [4.78, 5) is 12.8. The molecule has 160 valence electrons. The van der Waals surface area contributed by atoms with E-state index < -0.39 is 28.6 Å². The maximum atomic E-state index is 12.5. The minimum atomic E-state index is -4.10. The number of aliphatic carboxylic acids is 1. The highest BCUT2D eigenvalue weighted by molar-refractivity contribution is 7.89. The maximum Gasteiger partial charge on any atom is 0.324 e. The van der Waals surface area contributed by atoms with E-state index in [0.717, 1.165) is 11.1 Å². The summed E-state index contributed by atoms with van der Waals surface area (Å²) in [6, 6.07) is 8.46. The Hall–Kier alpha value is -2.20. The zero-order chi connectivity index (χ0) is 21.4. The highest BCUT2D eigenvalue weighted by Gasteiger charge is 2.26. The van der Waals surface area contributed by atoms with Crippen LogP contribution in [-0.2, 0) is 14.8 Å². The molecule has 0 spiro atoms. The summed E-state index contributed by atoms with van der Waals surface area (Å²) in [6.45, 7) is 1.67. The largest absolute Gasteiger partial charge is 0.480 e. The van der Waals surface area contributed by atoms with Crippen LogP contribution in [0.1, 0.15) is 19.3 Å². The van der Waals surface area contributed by atoms with Gasteiger partial charge in [0.1, 0.15) is 6.04 Å². The summed E-state index contributed by atoms with van der Waals surface area (Å²) in [5, 5.41) is 22.4. The molecule has 0 bridgehead atoms. The maximum absolute atomic E-state index is 12.5. The molecule has 0 saturated carbocycles. The van der Waals surface area contributed by atoms with E-state index in [4.69, 9.17) is 10.2 Å². The molecule has 1 heterocycles. The second-order valence-corrected chi connectivity index (χ2v) is 8.71. The third kappa shape index (κ3) is 6.14. The average Bonchev–Trinajstić information content (AvgIpc) is 2.72. The molecule has 1 saturated heterocycles. The van der Waals surface area contributed by atoms with Gasteiger partial charge in [0.15, 0.2) is 0 Å². The fourth-order valence-corrected chi connectivity index (χ4v) is 4.51. The lowest BCUT2D eigenvalue weighted by Crippen LogP contribution is -2.43. The number of hydrogen-bond acceptors (Lipinski definition) is 6. The van der Waals surface area contributed by atoms with E-state index in [1.807, 2.05) is 29.8 Å². The van der Waals surface area contributed by atoms with E-state index in [9.17, 15) is 13.2 Å². The number of sulfonamides is 1. The lowest BCUT2D eigenvalue weighted by atomic mass is 10.1. The number of carbonyl (C=O) groups is 1. The van der Waals surface area contributed by atoms with E-state index in [0.29, 0.717) is 5.39 Å². The Bertz CT molecular complexity index is 915. The van der Waals surface area contributed by atoms with Gasteiger partial charge in [-0.3, -0.25) is 4.79 Å². The van der Waals surface area contributed by atoms with Crippen LogP contribution in [0.3, 0.4) is 0 Å². The number of rotatable bonds is 6. The van der Waals surface area contributed by atoms with Gasteiger partial charge in [0.05, 0.1) is 11.5 Å². The number of piperidine rings is 1. The van der Waals surface area contributed by atoms with Crippen LogP contribution in [-0.4, -0.2) is 64.4 Å². The molecule has 4 N–H and O–H groups in total. The summed E-state index contributed by atoms with van der Waals surface area (Å²) in [7, 11) is -0.400. The molecule has 1 fully saturated rings. The molecule has 0 aromatic heterocycles. The van der Waals surface area contributed by atoms with E-state index >= 15 is 0 Å². The van der Waals surface area contributed by atoms with Gasteiger partial charge in [-0.05, 0) is 38.1 Å².